The predicted octanol–water partition coefficient (Wildman–Crippen LogP) is 6.76. The Morgan fingerprint density at radius 2 is 1.27 bits per heavy atom. The first-order valence-electron chi connectivity index (χ1n) is 10.6. The molecule has 0 aliphatic rings. The van der Waals surface area contributed by atoms with Gasteiger partial charge in [-0.25, -0.2) is 0 Å². The van der Waals surface area contributed by atoms with Crippen LogP contribution in [0.25, 0.3) is 21.1 Å². The van der Waals surface area contributed by atoms with Crippen LogP contribution in [-0.2, 0) is 10.2 Å². The standard InChI is InChI=1S/C25H32N2O2S/c1-25(2,3)21-13-9-19(10-14-21)23-26-27-24(30-23)20-11-15-22(16-12-20)29-18-8-6-5-7-17-28-4/h9-16H,5-8,17-18H2,1-4H3. The average molecular weight is 425 g/mol. The largest absolute Gasteiger partial charge is 0.494 e. The molecule has 0 atom stereocenters. The van der Waals surface area contributed by atoms with E-state index in [0.717, 1.165) is 52.9 Å². The van der Waals surface area contributed by atoms with Crippen molar-refractivity contribution in [2.24, 2.45) is 0 Å². The van der Waals surface area contributed by atoms with Crippen molar-refractivity contribution in [3.05, 3.63) is 54.1 Å². The van der Waals surface area contributed by atoms with Gasteiger partial charge < -0.3 is 9.47 Å². The Kier molecular flexibility index (Phi) is 8.00. The first-order valence-corrected chi connectivity index (χ1v) is 11.5. The molecule has 0 radical (unpaired) electrons. The summed E-state index contributed by atoms with van der Waals surface area (Å²) in [6.07, 6.45) is 4.55. The summed E-state index contributed by atoms with van der Waals surface area (Å²) in [6.45, 7) is 8.27. The molecule has 0 aliphatic carbocycles. The fourth-order valence-corrected chi connectivity index (χ4v) is 4.01. The Morgan fingerprint density at radius 1 is 0.733 bits per heavy atom. The van der Waals surface area contributed by atoms with E-state index in [0.29, 0.717) is 0 Å². The summed E-state index contributed by atoms with van der Waals surface area (Å²) in [5.41, 5.74) is 3.65. The second-order valence-corrected chi connectivity index (χ2v) is 9.50. The number of nitrogens with zero attached hydrogens (tertiary/aromatic N) is 2. The van der Waals surface area contributed by atoms with E-state index in [9.17, 15) is 0 Å². The van der Waals surface area contributed by atoms with Crippen LogP contribution in [0.3, 0.4) is 0 Å². The third-order valence-corrected chi connectivity index (χ3v) is 6.06. The van der Waals surface area contributed by atoms with Crippen LogP contribution in [0.15, 0.2) is 48.5 Å². The summed E-state index contributed by atoms with van der Waals surface area (Å²) in [5, 5.41) is 10.7. The zero-order chi connectivity index (χ0) is 21.4. The second-order valence-electron chi connectivity index (χ2n) is 8.52. The van der Waals surface area contributed by atoms with Crippen LogP contribution in [0.1, 0.15) is 52.0 Å². The van der Waals surface area contributed by atoms with Gasteiger partial charge >= 0.3 is 0 Å². The van der Waals surface area contributed by atoms with Gasteiger partial charge in [-0.1, -0.05) is 62.8 Å². The van der Waals surface area contributed by atoms with Crippen LogP contribution in [0.5, 0.6) is 5.75 Å². The first-order chi connectivity index (χ1) is 14.5. The maximum atomic E-state index is 5.85. The summed E-state index contributed by atoms with van der Waals surface area (Å²) in [7, 11) is 1.75. The predicted molar refractivity (Wildman–Crippen MR) is 125 cm³/mol. The molecular weight excluding hydrogens is 392 g/mol. The molecule has 2 aromatic carbocycles. The van der Waals surface area contributed by atoms with E-state index in [1.807, 2.05) is 12.1 Å². The van der Waals surface area contributed by atoms with Gasteiger partial charge in [0.1, 0.15) is 15.8 Å². The zero-order valence-corrected chi connectivity index (χ0v) is 19.3. The Bertz CT molecular complexity index is 896. The molecule has 0 saturated carbocycles. The van der Waals surface area contributed by atoms with Gasteiger partial charge in [0.2, 0.25) is 0 Å². The Labute approximate surface area is 184 Å². The number of unbranched alkanes of at least 4 members (excludes halogenated alkanes) is 3. The average Bonchev–Trinajstić information content (AvgIpc) is 3.23. The van der Waals surface area contributed by atoms with Gasteiger partial charge in [-0.3, -0.25) is 0 Å². The summed E-state index contributed by atoms with van der Waals surface area (Å²) < 4.78 is 10.9. The van der Waals surface area contributed by atoms with Crippen LogP contribution in [0.4, 0.5) is 0 Å². The van der Waals surface area contributed by atoms with Gasteiger partial charge in [-0.15, -0.1) is 10.2 Å². The van der Waals surface area contributed by atoms with Crippen LogP contribution < -0.4 is 4.74 Å². The van der Waals surface area contributed by atoms with Gasteiger partial charge in [-0.05, 0) is 54.5 Å². The van der Waals surface area contributed by atoms with E-state index < -0.39 is 0 Å². The molecule has 1 aromatic heterocycles. The monoisotopic (exact) mass is 424 g/mol. The van der Waals surface area contributed by atoms with Crippen LogP contribution in [-0.4, -0.2) is 30.5 Å². The lowest BCUT2D eigenvalue weighted by molar-refractivity contribution is 0.191. The van der Waals surface area contributed by atoms with Gasteiger partial charge in [0.05, 0.1) is 6.61 Å². The summed E-state index contributed by atoms with van der Waals surface area (Å²) in [5.74, 6) is 0.901. The number of aromatic nitrogens is 2. The van der Waals surface area contributed by atoms with Crippen LogP contribution in [0.2, 0.25) is 0 Å². The molecule has 4 nitrogen and oxygen atoms in total. The molecule has 3 aromatic rings. The van der Waals surface area contributed by atoms with E-state index >= 15 is 0 Å². The smallest absolute Gasteiger partial charge is 0.148 e. The molecule has 0 saturated heterocycles. The van der Waals surface area contributed by atoms with Crippen LogP contribution >= 0.6 is 11.3 Å². The minimum Gasteiger partial charge on any atom is -0.494 e. The van der Waals surface area contributed by atoms with Gasteiger partial charge in [0.15, 0.2) is 0 Å². The highest BCUT2D eigenvalue weighted by Crippen LogP contribution is 2.32. The maximum Gasteiger partial charge on any atom is 0.148 e. The van der Waals surface area contributed by atoms with Crippen LogP contribution in [0, 0.1) is 0 Å². The highest BCUT2D eigenvalue weighted by Gasteiger charge is 2.14. The van der Waals surface area contributed by atoms with Crippen molar-refractivity contribution in [1.29, 1.82) is 0 Å². The molecule has 0 unspecified atom stereocenters. The molecule has 1 heterocycles. The molecule has 0 amide bonds. The molecule has 0 bridgehead atoms. The molecule has 0 fully saturated rings. The fourth-order valence-electron chi connectivity index (χ4n) is 3.16. The molecule has 0 spiro atoms. The van der Waals surface area contributed by atoms with Crippen molar-refractivity contribution in [3.63, 3.8) is 0 Å². The third-order valence-electron chi connectivity index (χ3n) is 5.04. The molecule has 5 heteroatoms. The Morgan fingerprint density at radius 3 is 1.80 bits per heavy atom. The molecule has 30 heavy (non-hydrogen) atoms. The number of methoxy groups -OCH3 is 1. The minimum atomic E-state index is 0.151. The summed E-state index contributed by atoms with van der Waals surface area (Å²) in [6, 6.07) is 16.8. The molecule has 3 rings (SSSR count). The topological polar surface area (TPSA) is 44.2 Å². The van der Waals surface area contributed by atoms with E-state index in [1.54, 1.807) is 18.4 Å². The van der Waals surface area contributed by atoms with Crippen molar-refractivity contribution < 1.29 is 9.47 Å². The molecular formula is C25H32N2O2S. The first kappa shape index (κ1) is 22.4. The van der Waals surface area contributed by atoms with Crippen molar-refractivity contribution in [3.8, 4) is 26.9 Å². The minimum absolute atomic E-state index is 0.151. The molecule has 160 valence electrons. The highest BCUT2D eigenvalue weighted by atomic mass is 32.1. The summed E-state index contributed by atoms with van der Waals surface area (Å²) in [4.78, 5) is 0. The third kappa shape index (κ3) is 6.38. The van der Waals surface area contributed by atoms with Crippen molar-refractivity contribution >= 4 is 11.3 Å². The van der Waals surface area contributed by atoms with E-state index in [1.165, 1.54) is 18.4 Å². The number of rotatable bonds is 10. The van der Waals surface area contributed by atoms with Gasteiger partial charge in [0.25, 0.3) is 0 Å². The van der Waals surface area contributed by atoms with E-state index in [2.05, 4.69) is 67.4 Å². The van der Waals surface area contributed by atoms with E-state index in [4.69, 9.17) is 9.47 Å². The van der Waals surface area contributed by atoms with E-state index in [-0.39, 0.29) is 5.41 Å². The molecule has 0 N–H and O–H groups in total. The Balaban J connectivity index is 1.54. The lowest BCUT2D eigenvalue weighted by atomic mass is 9.87. The lowest BCUT2D eigenvalue weighted by Gasteiger charge is -2.18. The number of ether oxygens (including phenoxy) is 2. The zero-order valence-electron chi connectivity index (χ0n) is 18.5. The van der Waals surface area contributed by atoms with Crippen molar-refractivity contribution in [1.82, 2.24) is 10.2 Å². The van der Waals surface area contributed by atoms with Crippen molar-refractivity contribution in [2.45, 2.75) is 51.9 Å². The normalized spacial score (nSPS) is 11.6. The number of hydrogen-bond donors (Lipinski definition) is 0. The number of hydrogen-bond acceptors (Lipinski definition) is 5. The van der Waals surface area contributed by atoms with Crippen molar-refractivity contribution in [2.75, 3.05) is 20.3 Å². The number of benzene rings is 2. The fraction of sp³-hybridized carbons (Fsp3) is 0.440. The maximum absolute atomic E-state index is 5.85. The van der Waals surface area contributed by atoms with Gasteiger partial charge in [-0.2, -0.15) is 0 Å². The Hall–Kier alpha value is -2.24. The highest BCUT2D eigenvalue weighted by molar-refractivity contribution is 7.17. The second kappa shape index (κ2) is 10.7. The SMILES string of the molecule is COCCCCCCOc1ccc(-c2nnc(-c3ccc(C(C)(C)C)cc3)s2)cc1. The summed E-state index contributed by atoms with van der Waals surface area (Å²) >= 11 is 1.62. The lowest BCUT2D eigenvalue weighted by Crippen LogP contribution is -2.10. The molecule has 0 aliphatic heterocycles. The van der Waals surface area contributed by atoms with Gasteiger partial charge in [0, 0.05) is 24.8 Å². The quantitative estimate of drug-likeness (QED) is 0.337.